The van der Waals surface area contributed by atoms with E-state index in [1.807, 2.05) is 24.3 Å². The van der Waals surface area contributed by atoms with Crippen LogP contribution in [0, 0.1) is 0 Å². The molecule has 5 heteroatoms. The zero-order valence-corrected chi connectivity index (χ0v) is 10.6. The Bertz CT molecular complexity index is 519. The zero-order chi connectivity index (χ0) is 13.7. The summed E-state index contributed by atoms with van der Waals surface area (Å²) in [6.07, 6.45) is 3.54. The Labute approximate surface area is 110 Å². The lowest BCUT2D eigenvalue weighted by atomic mass is 9.96. The van der Waals surface area contributed by atoms with Crippen molar-refractivity contribution in [3.8, 4) is 5.75 Å². The van der Waals surface area contributed by atoms with Crippen LogP contribution in [0.1, 0.15) is 23.8 Å². The molecule has 0 radical (unpaired) electrons. The summed E-state index contributed by atoms with van der Waals surface area (Å²) < 4.78 is 10.3. The smallest absolute Gasteiger partial charge is 0.304 e. The van der Waals surface area contributed by atoms with Crippen molar-refractivity contribution in [2.45, 2.75) is 18.8 Å². The van der Waals surface area contributed by atoms with Gasteiger partial charge in [0.05, 0.1) is 25.6 Å². The van der Waals surface area contributed by atoms with Crippen LogP contribution in [0.15, 0.2) is 41.1 Å². The van der Waals surface area contributed by atoms with Crippen molar-refractivity contribution in [3.05, 3.63) is 48.2 Å². The summed E-state index contributed by atoms with van der Waals surface area (Å²) in [6.45, 7) is 0. The van der Waals surface area contributed by atoms with Gasteiger partial charge in [0.25, 0.3) is 0 Å². The van der Waals surface area contributed by atoms with E-state index in [9.17, 15) is 4.79 Å². The van der Waals surface area contributed by atoms with Gasteiger partial charge < -0.3 is 14.3 Å². The van der Waals surface area contributed by atoms with Gasteiger partial charge >= 0.3 is 5.97 Å². The minimum absolute atomic E-state index is 0.00740. The molecule has 1 aromatic heterocycles. The Morgan fingerprint density at radius 3 is 2.68 bits per heavy atom. The molecule has 1 heterocycles. The SMILES string of the molecule is COc1ccc(CC(CC(=O)O)c2ncco2)cc1. The number of rotatable bonds is 6. The Hall–Kier alpha value is -2.30. The fraction of sp³-hybridized carbons (Fsp3) is 0.286. The molecular formula is C14H15NO4. The maximum Gasteiger partial charge on any atom is 0.304 e. The fourth-order valence-corrected chi connectivity index (χ4v) is 1.94. The Morgan fingerprint density at radius 2 is 2.16 bits per heavy atom. The standard InChI is InChI=1S/C14H15NO4/c1-18-12-4-2-10(3-5-12)8-11(9-13(16)17)14-15-6-7-19-14/h2-7,11H,8-9H2,1H3,(H,16,17). The summed E-state index contributed by atoms with van der Waals surface area (Å²) >= 11 is 0. The van der Waals surface area contributed by atoms with E-state index < -0.39 is 5.97 Å². The van der Waals surface area contributed by atoms with Crippen molar-refractivity contribution in [2.75, 3.05) is 7.11 Å². The molecular weight excluding hydrogens is 246 g/mol. The monoisotopic (exact) mass is 261 g/mol. The summed E-state index contributed by atoms with van der Waals surface area (Å²) in [5, 5.41) is 8.95. The van der Waals surface area contributed by atoms with Crippen LogP contribution in [0.25, 0.3) is 0 Å². The first-order valence-corrected chi connectivity index (χ1v) is 5.93. The Kier molecular flexibility index (Phi) is 4.18. The molecule has 0 fully saturated rings. The average Bonchev–Trinajstić information content (AvgIpc) is 2.92. The number of aliphatic carboxylic acids is 1. The summed E-state index contributed by atoms with van der Waals surface area (Å²) in [5.74, 6) is 0.102. The van der Waals surface area contributed by atoms with E-state index >= 15 is 0 Å². The largest absolute Gasteiger partial charge is 0.497 e. The number of hydrogen-bond donors (Lipinski definition) is 1. The summed E-state index contributed by atoms with van der Waals surface area (Å²) in [6, 6.07) is 7.53. The maximum absolute atomic E-state index is 10.9. The highest BCUT2D eigenvalue weighted by Gasteiger charge is 2.20. The number of methoxy groups -OCH3 is 1. The molecule has 5 nitrogen and oxygen atoms in total. The van der Waals surface area contributed by atoms with E-state index in [1.165, 1.54) is 12.5 Å². The van der Waals surface area contributed by atoms with Gasteiger partial charge in [0.1, 0.15) is 12.0 Å². The Morgan fingerprint density at radius 1 is 1.42 bits per heavy atom. The molecule has 1 N–H and O–H groups in total. The van der Waals surface area contributed by atoms with Crippen molar-refractivity contribution < 1.29 is 19.1 Å². The first-order valence-electron chi connectivity index (χ1n) is 5.93. The number of carbonyl (C=O) groups is 1. The van der Waals surface area contributed by atoms with Gasteiger partial charge in [0.15, 0.2) is 5.89 Å². The fourth-order valence-electron chi connectivity index (χ4n) is 1.94. The molecule has 1 unspecified atom stereocenters. The molecule has 0 aliphatic rings. The number of benzene rings is 1. The topological polar surface area (TPSA) is 72.6 Å². The highest BCUT2D eigenvalue weighted by atomic mass is 16.5. The van der Waals surface area contributed by atoms with Crippen molar-refractivity contribution >= 4 is 5.97 Å². The first-order chi connectivity index (χ1) is 9.19. The van der Waals surface area contributed by atoms with Crippen molar-refractivity contribution in [2.24, 2.45) is 0 Å². The number of carboxylic acid groups (broad SMARTS) is 1. The third kappa shape index (κ3) is 3.58. The van der Waals surface area contributed by atoms with Gasteiger partial charge in [0, 0.05) is 0 Å². The van der Waals surface area contributed by atoms with Gasteiger partial charge in [-0.15, -0.1) is 0 Å². The van der Waals surface area contributed by atoms with Crippen LogP contribution in [-0.2, 0) is 11.2 Å². The third-order valence-electron chi connectivity index (χ3n) is 2.86. The van der Waals surface area contributed by atoms with Gasteiger partial charge in [-0.1, -0.05) is 12.1 Å². The molecule has 0 saturated carbocycles. The van der Waals surface area contributed by atoms with Crippen LogP contribution in [0.5, 0.6) is 5.75 Å². The van der Waals surface area contributed by atoms with Crippen molar-refractivity contribution in [1.82, 2.24) is 4.98 Å². The van der Waals surface area contributed by atoms with E-state index in [0.717, 1.165) is 11.3 Å². The van der Waals surface area contributed by atoms with E-state index in [-0.39, 0.29) is 12.3 Å². The second-order valence-electron chi connectivity index (χ2n) is 4.22. The van der Waals surface area contributed by atoms with Crippen LogP contribution >= 0.6 is 0 Å². The zero-order valence-electron chi connectivity index (χ0n) is 10.6. The number of nitrogens with zero attached hydrogens (tertiary/aromatic N) is 1. The lowest BCUT2D eigenvalue weighted by Crippen LogP contribution is -2.09. The molecule has 19 heavy (non-hydrogen) atoms. The average molecular weight is 261 g/mol. The Balaban J connectivity index is 2.12. The number of carboxylic acids is 1. The lowest BCUT2D eigenvalue weighted by Gasteiger charge is -2.11. The van der Waals surface area contributed by atoms with E-state index in [1.54, 1.807) is 7.11 Å². The summed E-state index contributed by atoms with van der Waals surface area (Å²) in [7, 11) is 1.61. The highest BCUT2D eigenvalue weighted by Crippen LogP contribution is 2.24. The van der Waals surface area contributed by atoms with E-state index in [4.69, 9.17) is 14.3 Å². The van der Waals surface area contributed by atoms with Gasteiger partial charge in [-0.3, -0.25) is 4.79 Å². The molecule has 2 rings (SSSR count). The molecule has 1 atom stereocenters. The predicted molar refractivity (Wildman–Crippen MR) is 68.2 cm³/mol. The normalized spacial score (nSPS) is 12.1. The van der Waals surface area contributed by atoms with Gasteiger partial charge in [0.2, 0.25) is 0 Å². The molecule has 0 amide bonds. The number of hydrogen-bond acceptors (Lipinski definition) is 4. The van der Waals surface area contributed by atoms with Crippen LogP contribution in [0.4, 0.5) is 0 Å². The van der Waals surface area contributed by atoms with Crippen molar-refractivity contribution in [3.63, 3.8) is 0 Å². The minimum atomic E-state index is -0.864. The highest BCUT2D eigenvalue weighted by molar-refractivity contribution is 5.67. The van der Waals surface area contributed by atoms with Crippen LogP contribution in [0.2, 0.25) is 0 Å². The number of ether oxygens (including phenoxy) is 1. The van der Waals surface area contributed by atoms with Crippen LogP contribution in [-0.4, -0.2) is 23.2 Å². The second-order valence-corrected chi connectivity index (χ2v) is 4.22. The number of oxazole rings is 1. The lowest BCUT2D eigenvalue weighted by molar-refractivity contribution is -0.137. The van der Waals surface area contributed by atoms with E-state index in [2.05, 4.69) is 4.98 Å². The summed E-state index contributed by atoms with van der Waals surface area (Å²) in [4.78, 5) is 15.0. The molecule has 1 aromatic carbocycles. The molecule has 2 aromatic rings. The van der Waals surface area contributed by atoms with Crippen LogP contribution < -0.4 is 4.74 Å². The van der Waals surface area contributed by atoms with Gasteiger partial charge in [-0.25, -0.2) is 4.98 Å². The minimum Gasteiger partial charge on any atom is -0.497 e. The molecule has 100 valence electrons. The predicted octanol–water partition coefficient (Wildman–Crippen LogP) is 2.48. The van der Waals surface area contributed by atoms with Crippen LogP contribution in [0.3, 0.4) is 0 Å². The van der Waals surface area contributed by atoms with Gasteiger partial charge in [-0.05, 0) is 24.1 Å². The molecule has 0 saturated heterocycles. The molecule has 0 bridgehead atoms. The van der Waals surface area contributed by atoms with Crippen molar-refractivity contribution in [1.29, 1.82) is 0 Å². The first kappa shape index (κ1) is 13.1. The van der Waals surface area contributed by atoms with Gasteiger partial charge in [-0.2, -0.15) is 0 Å². The third-order valence-corrected chi connectivity index (χ3v) is 2.86. The number of aromatic nitrogens is 1. The molecule has 0 spiro atoms. The second kappa shape index (κ2) is 6.04. The maximum atomic E-state index is 10.9. The molecule has 0 aliphatic heterocycles. The quantitative estimate of drug-likeness (QED) is 0.864. The van der Waals surface area contributed by atoms with E-state index in [0.29, 0.717) is 12.3 Å². The summed E-state index contributed by atoms with van der Waals surface area (Å²) in [5.41, 5.74) is 1.02. The molecule has 0 aliphatic carbocycles.